The highest BCUT2D eigenvalue weighted by atomic mass is 35.5. The van der Waals surface area contributed by atoms with Crippen LogP contribution in [0.15, 0.2) is 12.1 Å². The summed E-state index contributed by atoms with van der Waals surface area (Å²) in [5, 5.41) is -0.472. The predicted octanol–water partition coefficient (Wildman–Crippen LogP) is 4.18. The van der Waals surface area contributed by atoms with E-state index in [4.69, 9.17) is 25.8 Å². The normalized spacial score (nSPS) is 30.2. The molecule has 5 atom stereocenters. The van der Waals surface area contributed by atoms with Gasteiger partial charge in [-0.2, -0.15) is 0 Å². The SMILES string of the molecule is COc1cc(F)c(C(Cl)C2C(C)OC(C)C2C)cc1OC. The number of hydrogen-bond acceptors (Lipinski definition) is 3. The Bertz CT molecular complexity index is 509. The number of rotatable bonds is 4. The molecule has 1 aliphatic rings. The third-order valence-electron chi connectivity index (χ3n) is 4.46. The number of hydrogen-bond donors (Lipinski definition) is 0. The fourth-order valence-electron chi connectivity index (χ4n) is 3.09. The van der Waals surface area contributed by atoms with Crippen LogP contribution in [-0.4, -0.2) is 26.4 Å². The van der Waals surface area contributed by atoms with Gasteiger partial charge in [0.25, 0.3) is 0 Å². The fraction of sp³-hybridized carbons (Fsp3) is 0.625. The third kappa shape index (κ3) is 2.97. The molecule has 1 aliphatic heterocycles. The van der Waals surface area contributed by atoms with Gasteiger partial charge in [0.15, 0.2) is 11.5 Å². The molecule has 5 unspecified atom stereocenters. The Kier molecular flexibility index (Phi) is 4.99. The van der Waals surface area contributed by atoms with Crippen molar-refractivity contribution in [2.75, 3.05) is 14.2 Å². The first kappa shape index (κ1) is 16.4. The summed E-state index contributed by atoms with van der Waals surface area (Å²) >= 11 is 6.58. The molecule has 0 radical (unpaired) electrons. The number of alkyl halides is 1. The van der Waals surface area contributed by atoms with Crippen molar-refractivity contribution in [3.8, 4) is 11.5 Å². The monoisotopic (exact) mass is 316 g/mol. The molecule has 118 valence electrons. The Morgan fingerprint density at radius 1 is 1.10 bits per heavy atom. The molecule has 5 heteroatoms. The van der Waals surface area contributed by atoms with Gasteiger partial charge in [-0.05, 0) is 25.8 Å². The van der Waals surface area contributed by atoms with Crippen molar-refractivity contribution in [1.82, 2.24) is 0 Å². The van der Waals surface area contributed by atoms with Gasteiger partial charge in [-0.15, -0.1) is 11.6 Å². The molecule has 0 aliphatic carbocycles. The number of halogens is 2. The molecule has 1 saturated heterocycles. The minimum atomic E-state index is -0.472. The van der Waals surface area contributed by atoms with Crippen molar-refractivity contribution in [1.29, 1.82) is 0 Å². The van der Waals surface area contributed by atoms with E-state index in [0.717, 1.165) is 0 Å². The van der Waals surface area contributed by atoms with Crippen molar-refractivity contribution < 1.29 is 18.6 Å². The minimum absolute atomic E-state index is 0.00926. The average molecular weight is 317 g/mol. The van der Waals surface area contributed by atoms with Crippen LogP contribution in [-0.2, 0) is 4.74 Å². The smallest absolute Gasteiger partial charge is 0.163 e. The highest BCUT2D eigenvalue weighted by Gasteiger charge is 2.42. The second-order valence-corrected chi connectivity index (χ2v) is 6.08. The summed E-state index contributed by atoms with van der Waals surface area (Å²) in [6, 6.07) is 2.94. The molecule has 21 heavy (non-hydrogen) atoms. The summed E-state index contributed by atoms with van der Waals surface area (Å²) in [5.41, 5.74) is 0.427. The van der Waals surface area contributed by atoms with E-state index in [1.807, 2.05) is 13.8 Å². The van der Waals surface area contributed by atoms with Crippen molar-refractivity contribution >= 4 is 11.6 Å². The molecule has 1 aromatic carbocycles. The fourth-order valence-corrected chi connectivity index (χ4v) is 3.69. The maximum atomic E-state index is 14.3. The van der Waals surface area contributed by atoms with Crippen LogP contribution in [0.2, 0.25) is 0 Å². The second-order valence-electron chi connectivity index (χ2n) is 5.61. The Morgan fingerprint density at radius 2 is 1.67 bits per heavy atom. The van der Waals surface area contributed by atoms with Crippen LogP contribution >= 0.6 is 11.6 Å². The van der Waals surface area contributed by atoms with Crippen molar-refractivity contribution in [2.45, 2.75) is 38.4 Å². The van der Waals surface area contributed by atoms with Gasteiger partial charge in [0, 0.05) is 17.5 Å². The Labute approximate surface area is 130 Å². The molecular formula is C16H22ClFO3. The van der Waals surface area contributed by atoms with Gasteiger partial charge in [-0.25, -0.2) is 4.39 Å². The average Bonchev–Trinajstić information content (AvgIpc) is 2.71. The molecule has 0 bridgehead atoms. The van der Waals surface area contributed by atoms with Gasteiger partial charge in [0.1, 0.15) is 5.82 Å². The van der Waals surface area contributed by atoms with Gasteiger partial charge in [0.2, 0.25) is 0 Å². The van der Waals surface area contributed by atoms with Crippen LogP contribution in [0.3, 0.4) is 0 Å². The van der Waals surface area contributed by atoms with Gasteiger partial charge in [-0.3, -0.25) is 0 Å². The zero-order valence-electron chi connectivity index (χ0n) is 13.0. The highest BCUT2D eigenvalue weighted by molar-refractivity contribution is 6.21. The van der Waals surface area contributed by atoms with E-state index in [2.05, 4.69) is 6.92 Å². The first-order valence-corrected chi connectivity index (χ1v) is 7.55. The van der Waals surface area contributed by atoms with E-state index < -0.39 is 5.38 Å². The molecular weight excluding hydrogens is 295 g/mol. The van der Waals surface area contributed by atoms with E-state index >= 15 is 0 Å². The van der Waals surface area contributed by atoms with Crippen molar-refractivity contribution in [3.05, 3.63) is 23.5 Å². The summed E-state index contributed by atoms with van der Waals surface area (Å²) < 4.78 is 30.5. The lowest BCUT2D eigenvalue weighted by Crippen LogP contribution is -2.22. The standard InChI is InChI=1S/C16H22ClFO3/c1-8-9(2)21-10(3)15(8)16(17)11-6-13(19-4)14(20-5)7-12(11)18/h6-10,15-16H,1-5H3. The summed E-state index contributed by atoms with van der Waals surface area (Å²) in [4.78, 5) is 0. The maximum absolute atomic E-state index is 14.3. The minimum Gasteiger partial charge on any atom is -0.493 e. The molecule has 2 rings (SSSR count). The molecule has 0 amide bonds. The van der Waals surface area contributed by atoms with Crippen molar-refractivity contribution in [3.63, 3.8) is 0 Å². The molecule has 0 spiro atoms. The Morgan fingerprint density at radius 3 is 2.14 bits per heavy atom. The molecule has 1 aromatic rings. The summed E-state index contributed by atoms with van der Waals surface area (Å²) in [7, 11) is 3.00. The van der Waals surface area contributed by atoms with E-state index in [9.17, 15) is 4.39 Å². The lowest BCUT2D eigenvalue weighted by Gasteiger charge is -2.25. The summed E-state index contributed by atoms with van der Waals surface area (Å²) in [6.07, 6.45) is 0.111. The van der Waals surface area contributed by atoms with E-state index in [1.54, 1.807) is 6.07 Å². The Hall–Kier alpha value is -1.00. The molecule has 0 saturated carbocycles. The van der Waals surface area contributed by atoms with E-state index in [-0.39, 0.29) is 29.9 Å². The molecule has 0 N–H and O–H groups in total. The lowest BCUT2D eigenvalue weighted by molar-refractivity contribution is 0.0507. The quantitative estimate of drug-likeness (QED) is 0.780. The zero-order chi connectivity index (χ0) is 15.7. The second kappa shape index (κ2) is 6.41. The van der Waals surface area contributed by atoms with Crippen molar-refractivity contribution in [2.24, 2.45) is 11.8 Å². The Balaban J connectivity index is 2.37. The molecule has 0 aromatic heterocycles. The summed E-state index contributed by atoms with van der Waals surface area (Å²) in [6.45, 7) is 6.10. The van der Waals surface area contributed by atoms with Gasteiger partial charge in [-0.1, -0.05) is 6.92 Å². The predicted molar refractivity (Wildman–Crippen MR) is 80.8 cm³/mol. The van der Waals surface area contributed by atoms with Crippen LogP contribution in [0, 0.1) is 17.7 Å². The number of ether oxygens (including phenoxy) is 3. The largest absolute Gasteiger partial charge is 0.493 e. The number of benzene rings is 1. The first-order valence-electron chi connectivity index (χ1n) is 7.11. The van der Waals surface area contributed by atoms with Gasteiger partial charge < -0.3 is 14.2 Å². The molecule has 3 nitrogen and oxygen atoms in total. The van der Waals surface area contributed by atoms with Crippen LogP contribution < -0.4 is 9.47 Å². The van der Waals surface area contributed by atoms with Gasteiger partial charge >= 0.3 is 0 Å². The maximum Gasteiger partial charge on any atom is 0.163 e. The zero-order valence-corrected chi connectivity index (χ0v) is 13.8. The summed E-state index contributed by atoms with van der Waals surface area (Å²) in [5.74, 6) is 0.766. The topological polar surface area (TPSA) is 27.7 Å². The highest BCUT2D eigenvalue weighted by Crippen LogP contribution is 2.46. The number of methoxy groups -OCH3 is 2. The van der Waals surface area contributed by atoms with E-state index in [0.29, 0.717) is 17.1 Å². The third-order valence-corrected chi connectivity index (χ3v) is 4.98. The van der Waals surface area contributed by atoms with Gasteiger partial charge in [0.05, 0.1) is 31.8 Å². The van der Waals surface area contributed by atoms with E-state index in [1.165, 1.54) is 20.3 Å². The first-order chi connectivity index (χ1) is 9.90. The van der Waals surface area contributed by atoms with Crippen LogP contribution in [0.4, 0.5) is 4.39 Å². The molecule has 1 fully saturated rings. The van der Waals surface area contributed by atoms with Crippen LogP contribution in [0.1, 0.15) is 31.7 Å². The molecule has 1 heterocycles. The van der Waals surface area contributed by atoms with Crippen LogP contribution in [0.25, 0.3) is 0 Å². The lowest BCUT2D eigenvalue weighted by atomic mass is 9.84. The van der Waals surface area contributed by atoms with Crippen LogP contribution in [0.5, 0.6) is 11.5 Å².